The van der Waals surface area contributed by atoms with Crippen molar-refractivity contribution in [3.63, 3.8) is 0 Å². The Labute approximate surface area is 93.8 Å². The lowest BCUT2D eigenvalue weighted by atomic mass is 10.4. The molecule has 0 aliphatic carbocycles. The Hall–Kier alpha value is -2.09. The van der Waals surface area contributed by atoms with E-state index in [0.29, 0.717) is 10.2 Å². The molecule has 82 valence electrons. The summed E-state index contributed by atoms with van der Waals surface area (Å²) in [7, 11) is 0. The average Bonchev–Trinajstić information content (AvgIpc) is 2.70. The molecule has 2 N–H and O–H groups in total. The molecule has 0 unspecified atom stereocenters. The van der Waals surface area contributed by atoms with E-state index in [4.69, 9.17) is 10.2 Å². The number of anilines is 1. The highest BCUT2D eigenvalue weighted by molar-refractivity contribution is 7.99. The van der Waals surface area contributed by atoms with Gasteiger partial charge in [0.2, 0.25) is 5.82 Å². The standard InChI is InChI=1S/C8H6N4O3S/c9-7-5(12(13)14)1-2-6(11-7)16-8-10-3-4-15-8/h1-4H,(H2,9,11). The maximum atomic E-state index is 10.5. The van der Waals surface area contributed by atoms with Gasteiger partial charge in [-0.15, -0.1) is 0 Å². The van der Waals surface area contributed by atoms with Crippen LogP contribution in [0, 0.1) is 10.1 Å². The van der Waals surface area contributed by atoms with E-state index in [1.54, 1.807) is 0 Å². The molecule has 16 heavy (non-hydrogen) atoms. The summed E-state index contributed by atoms with van der Waals surface area (Å²) in [6, 6.07) is 2.79. The van der Waals surface area contributed by atoms with Gasteiger partial charge in [-0.25, -0.2) is 9.97 Å². The Kier molecular flexibility index (Phi) is 2.73. The minimum atomic E-state index is -0.581. The predicted molar refractivity (Wildman–Crippen MR) is 55.9 cm³/mol. The molecule has 0 fully saturated rings. The van der Waals surface area contributed by atoms with Crippen LogP contribution in [-0.4, -0.2) is 14.9 Å². The van der Waals surface area contributed by atoms with Crippen molar-refractivity contribution in [2.75, 3.05) is 5.73 Å². The molecule has 0 aliphatic rings. The van der Waals surface area contributed by atoms with E-state index in [1.165, 1.54) is 24.6 Å². The molecule has 0 saturated carbocycles. The summed E-state index contributed by atoms with van der Waals surface area (Å²) in [6.07, 6.45) is 2.92. The largest absolute Gasteiger partial charge is 0.440 e. The van der Waals surface area contributed by atoms with Gasteiger partial charge in [-0.05, 0) is 17.8 Å². The van der Waals surface area contributed by atoms with Gasteiger partial charge < -0.3 is 10.2 Å². The number of oxazole rings is 1. The van der Waals surface area contributed by atoms with Crippen molar-refractivity contribution in [3.8, 4) is 0 Å². The van der Waals surface area contributed by atoms with E-state index in [-0.39, 0.29) is 11.5 Å². The Morgan fingerprint density at radius 1 is 1.50 bits per heavy atom. The Morgan fingerprint density at radius 3 is 2.88 bits per heavy atom. The van der Waals surface area contributed by atoms with Crippen molar-refractivity contribution >= 4 is 23.3 Å². The van der Waals surface area contributed by atoms with Crippen molar-refractivity contribution < 1.29 is 9.34 Å². The first-order valence-electron chi connectivity index (χ1n) is 4.15. The van der Waals surface area contributed by atoms with Crippen LogP contribution in [0.1, 0.15) is 0 Å². The van der Waals surface area contributed by atoms with Crippen LogP contribution in [-0.2, 0) is 0 Å². The lowest BCUT2D eigenvalue weighted by Crippen LogP contribution is -1.98. The normalized spacial score (nSPS) is 10.2. The van der Waals surface area contributed by atoms with E-state index in [2.05, 4.69) is 9.97 Å². The molecule has 0 amide bonds. The van der Waals surface area contributed by atoms with Gasteiger partial charge in [0, 0.05) is 6.07 Å². The number of nitrogens with two attached hydrogens (primary N) is 1. The maximum Gasteiger partial charge on any atom is 0.311 e. The van der Waals surface area contributed by atoms with Gasteiger partial charge in [-0.3, -0.25) is 10.1 Å². The van der Waals surface area contributed by atoms with E-state index in [1.807, 2.05) is 0 Å². The Balaban J connectivity index is 2.24. The zero-order chi connectivity index (χ0) is 11.5. The molecular formula is C8H6N4O3S. The van der Waals surface area contributed by atoms with Crippen LogP contribution in [0.25, 0.3) is 0 Å². The fraction of sp³-hybridized carbons (Fsp3) is 0. The van der Waals surface area contributed by atoms with Crippen molar-refractivity contribution in [2.45, 2.75) is 10.2 Å². The van der Waals surface area contributed by atoms with Crippen molar-refractivity contribution in [1.82, 2.24) is 9.97 Å². The molecule has 2 heterocycles. The Morgan fingerprint density at radius 2 is 2.31 bits per heavy atom. The number of nitrogen functional groups attached to an aromatic ring is 1. The minimum absolute atomic E-state index is 0.124. The number of nitro groups is 1. The second-order valence-corrected chi connectivity index (χ2v) is 3.68. The first-order valence-corrected chi connectivity index (χ1v) is 4.97. The molecule has 2 aromatic heterocycles. The molecule has 0 spiro atoms. The summed E-state index contributed by atoms with van der Waals surface area (Å²) < 4.78 is 4.99. The van der Waals surface area contributed by atoms with Crippen molar-refractivity contribution in [2.24, 2.45) is 0 Å². The summed E-state index contributed by atoms with van der Waals surface area (Å²) in [5.74, 6) is -0.124. The molecule has 2 aromatic rings. The minimum Gasteiger partial charge on any atom is -0.440 e. The van der Waals surface area contributed by atoms with Crippen LogP contribution in [0.5, 0.6) is 0 Å². The number of aromatic nitrogens is 2. The quantitative estimate of drug-likeness (QED) is 0.640. The van der Waals surface area contributed by atoms with Crippen LogP contribution in [0.15, 0.2) is 39.3 Å². The van der Waals surface area contributed by atoms with Gasteiger partial charge in [-0.1, -0.05) is 0 Å². The van der Waals surface area contributed by atoms with E-state index in [9.17, 15) is 10.1 Å². The van der Waals surface area contributed by atoms with Crippen molar-refractivity contribution in [3.05, 3.63) is 34.7 Å². The number of hydrogen-bond acceptors (Lipinski definition) is 7. The second-order valence-electron chi connectivity index (χ2n) is 2.71. The van der Waals surface area contributed by atoms with Gasteiger partial charge in [0.05, 0.1) is 11.1 Å². The van der Waals surface area contributed by atoms with E-state index < -0.39 is 4.92 Å². The van der Waals surface area contributed by atoms with Crippen LogP contribution in [0.3, 0.4) is 0 Å². The fourth-order valence-electron chi connectivity index (χ4n) is 1.01. The molecule has 7 nitrogen and oxygen atoms in total. The third-order valence-electron chi connectivity index (χ3n) is 1.68. The predicted octanol–water partition coefficient (Wildman–Crippen LogP) is 1.71. The topological polar surface area (TPSA) is 108 Å². The van der Waals surface area contributed by atoms with Gasteiger partial charge in [0.25, 0.3) is 5.22 Å². The molecular weight excluding hydrogens is 232 g/mol. The second kappa shape index (κ2) is 4.19. The first kappa shape index (κ1) is 10.4. The van der Waals surface area contributed by atoms with Gasteiger partial charge in [-0.2, -0.15) is 0 Å². The molecule has 0 atom stereocenters. The van der Waals surface area contributed by atoms with E-state index in [0.717, 1.165) is 11.8 Å². The van der Waals surface area contributed by atoms with Crippen LogP contribution < -0.4 is 5.73 Å². The summed E-state index contributed by atoms with van der Waals surface area (Å²) in [5.41, 5.74) is 5.22. The maximum absolute atomic E-state index is 10.5. The van der Waals surface area contributed by atoms with Crippen LogP contribution in [0.4, 0.5) is 11.5 Å². The number of nitrogens with zero attached hydrogens (tertiary/aromatic N) is 3. The van der Waals surface area contributed by atoms with E-state index >= 15 is 0 Å². The summed E-state index contributed by atoms with van der Waals surface area (Å²) in [5, 5.41) is 11.4. The molecule has 0 bridgehead atoms. The Bertz CT molecular complexity index is 514. The molecule has 2 rings (SSSR count). The number of rotatable bonds is 3. The summed E-state index contributed by atoms with van der Waals surface area (Å²) >= 11 is 1.14. The van der Waals surface area contributed by atoms with Crippen molar-refractivity contribution in [1.29, 1.82) is 0 Å². The third kappa shape index (κ3) is 2.11. The van der Waals surface area contributed by atoms with Gasteiger partial charge >= 0.3 is 5.69 Å². The first-order chi connectivity index (χ1) is 7.66. The molecule has 0 aromatic carbocycles. The zero-order valence-corrected chi connectivity index (χ0v) is 8.68. The SMILES string of the molecule is Nc1nc(Sc2ncco2)ccc1[N+](=O)[O-]. The molecule has 8 heteroatoms. The van der Waals surface area contributed by atoms with Gasteiger partial charge in [0.1, 0.15) is 11.3 Å². The van der Waals surface area contributed by atoms with Crippen LogP contribution >= 0.6 is 11.8 Å². The highest BCUT2D eigenvalue weighted by atomic mass is 32.2. The summed E-state index contributed by atoms with van der Waals surface area (Å²) in [6.45, 7) is 0. The summed E-state index contributed by atoms with van der Waals surface area (Å²) in [4.78, 5) is 17.7. The highest BCUT2D eigenvalue weighted by Crippen LogP contribution is 2.28. The van der Waals surface area contributed by atoms with Crippen LogP contribution in [0.2, 0.25) is 0 Å². The molecule has 0 saturated heterocycles. The zero-order valence-electron chi connectivity index (χ0n) is 7.86. The fourth-order valence-corrected chi connectivity index (χ4v) is 1.69. The smallest absolute Gasteiger partial charge is 0.311 e. The average molecular weight is 238 g/mol. The number of hydrogen-bond donors (Lipinski definition) is 1. The highest BCUT2D eigenvalue weighted by Gasteiger charge is 2.14. The van der Waals surface area contributed by atoms with Gasteiger partial charge in [0.15, 0.2) is 0 Å². The lowest BCUT2D eigenvalue weighted by Gasteiger charge is -1.98. The molecule has 0 aliphatic heterocycles. The third-order valence-corrected chi connectivity index (χ3v) is 2.49. The lowest BCUT2D eigenvalue weighted by molar-refractivity contribution is -0.384. The monoisotopic (exact) mass is 238 g/mol. The molecule has 0 radical (unpaired) electrons. The number of pyridine rings is 1.